The van der Waals surface area contributed by atoms with Crippen LogP contribution in [0.4, 0.5) is 5.82 Å². The molecule has 0 spiro atoms. The van der Waals surface area contributed by atoms with E-state index in [1.54, 1.807) is 0 Å². The maximum atomic E-state index is 6.05. The summed E-state index contributed by atoms with van der Waals surface area (Å²) in [5.41, 5.74) is 2.26. The Morgan fingerprint density at radius 3 is 2.78 bits per heavy atom. The van der Waals surface area contributed by atoms with Crippen LogP contribution in [0.25, 0.3) is 10.9 Å². The summed E-state index contributed by atoms with van der Waals surface area (Å²) in [7, 11) is 0. The Morgan fingerprint density at radius 1 is 1.22 bits per heavy atom. The first-order valence-corrected chi connectivity index (χ1v) is 7.67. The van der Waals surface area contributed by atoms with Crippen molar-refractivity contribution in [2.45, 2.75) is 6.92 Å². The number of anilines is 1. The Kier molecular flexibility index (Phi) is 3.35. The van der Waals surface area contributed by atoms with E-state index in [1.807, 2.05) is 23.9 Å². The Balaban J connectivity index is 2.07. The van der Waals surface area contributed by atoms with Crippen LogP contribution in [0.15, 0.2) is 24.3 Å². The van der Waals surface area contributed by atoms with Crippen molar-refractivity contribution in [3.63, 3.8) is 0 Å². The molecule has 3 rings (SSSR count). The third-order valence-electron chi connectivity index (χ3n) is 3.30. The highest BCUT2D eigenvalue weighted by Gasteiger charge is 2.13. The predicted molar refractivity (Wildman–Crippen MR) is 81.0 cm³/mol. The van der Waals surface area contributed by atoms with E-state index in [2.05, 4.69) is 24.0 Å². The van der Waals surface area contributed by atoms with Crippen LogP contribution in [0.3, 0.4) is 0 Å². The fourth-order valence-corrected chi connectivity index (χ4v) is 3.38. The van der Waals surface area contributed by atoms with Gasteiger partial charge in [-0.2, -0.15) is 11.8 Å². The van der Waals surface area contributed by atoms with Crippen LogP contribution in [0, 0.1) is 6.92 Å². The van der Waals surface area contributed by atoms with E-state index in [0.717, 1.165) is 29.4 Å². The van der Waals surface area contributed by atoms with Crippen molar-refractivity contribution >= 4 is 40.1 Å². The quantitative estimate of drug-likeness (QED) is 0.790. The normalized spacial score (nSPS) is 16.2. The molecular formula is C14H15ClN2S. The van der Waals surface area contributed by atoms with E-state index >= 15 is 0 Å². The number of benzene rings is 1. The molecule has 0 N–H and O–H groups in total. The van der Waals surface area contributed by atoms with E-state index in [0.29, 0.717) is 0 Å². The minimum atomic E-state index is 0.751. The number of nitrogens with zero attached hydrogens (tertiary/aromatic N) is 2. The molecule has 0 radical (unpaired) electrons. The summed E-state index contributed by atoms with van der Waals surface area (Å²) >= 11 is 8.07. The molecule has 2 aromatic rings. The van der Waals surface area contributed by atoms with Crippen LogP contribution < -0.4 is 4.90 Å². The molecule has 18 heavy (non-hydrogen) atoms. The molecule has 4 heteroatoms. The van der Waals surface area contributed by atoms with Crippen LogP contribution in [-0.2, 0) is 0 Å². The van der Waals surface area contributed by atoms with Crippen molar-refractivity contribution in [1.29, 1.82) is 0 Å². The standard InChI is InChI=1S/C14H15ClN2S/c1-10-8-14(17-4-6-18-7-5-17)16-13-9-11(15)2-3-12(10)13/h2-3,8-9H,4-7H2,1H3. The van der Waals surface area contributed by atoms with Crippen molar-refractivity contribution in [3.05, 3.63) is 34.9 Å². The van der Waals surface area contributed by atoms with E-state index < -0.39 is 0 Å². The van der Waals surface area contributed by atoms with Gasteiger partial charge in [-0.3, -0.25) is 0 Å². The van der Waals surface area contributed by atoms with Crippen LogP contribution >= 0.6 is 23.4 Å². The molecule has 1 aromatic heterocycles. The molecule has 0 atom stereocenters. The van der Waals surface area contributed by atoms with Crippen LogP contribution in [0.5, 0.6) is 0 Å². The Bertz CT molecular complexity index is 579. The summed E-state index contributed by atoms with van der Waals surface area (Å²) < 4.78 is 0. The van der Waals surface area contributed by atoms with Gasteiger partial charge in [0.2, 0.25) is 0 Å². The lowest BCUT2D eigenvalue weighted by Gasteiger charge is -2.28. The van der Waals surface area contributed by atoms with Gasteiger partial charge in [0.1, 0.15) is 5.82 Å². The third-order valence-corrected chi connectivity index (χ3v) is 4.48. The van der Waals surface area contributed by atoms with Crippen LogP contribution in [0.2, 0.25) is 5.02 Å². The van der Waals surface area contributed by atoms with Gasteiger partial charge >= 0.3 is 0 Å². The van der Waals surface area contributed by atoms with E-state index in [-0.39, 0.29) is 0 Å². The number of fused-ring (bicyclic) bond motifs is 1. The molecule has 2 nitrogen and oxygen atoms in total. The van der Waals surface area contributed by atoms with Crippen LogP contribution in [-0.4, -0.2) is 29.6 Å². The number of hydrogen-bond acceptors (Lipinski definition) is 3. The first kappa shape index (κ1) is 12.1. The zero-order valence-corrected chi connectivity index (χ0v) is 11.9. The van der Waals surface area contributed by atoms with Gasteiger partial charge in [-0.1, -0.05) is 17.7 Å². The van der Waals surface area contributed by atoms with Crippen molar-refractivity contribution in [3.8, 4) is 0 Å². The smallest absolute Gasteiger partial charge is 0.129 e. The topological polar surface area (TPSA) is 16.1 Å². The van der Waals surface area contributed by atoms with E-state index in [4.69, 9.17) is 16.6 Å². The second kappa shape index (κ2) is 4.98. The Morgan fingerprint density at radius 2 is 2.00 bits per heavy atom. The summed E-state index contributed by atoms with van der Waals surface area (Å²) in [6, 6.07) is 8.12. The monoisotopic (exact) mass is 278 g/mol. The van der Waals surface area contributed by atoms with Gasteiger partial charge in [-0.25, -0.2) is 4.98 Å². The number of hydrogen-bond donors (Lipinski definition) is 0. The maximum Gasteiger partial charge on any atom is 0.129 e. The van der Waals surface area contributed by atoms with E-state index in [9.17, 15) is 0 Å². The summed E-state index contributed by atoms with van der Waals surface area (Å²) in [6.07, 6.45) is 0. The number of pyridine rings is 1. The third kappa shape index (κ3) is 2.29. The number of aryl methyl sites for hydroxylation is 1. The Hall–Kier alpha value is -0.930. The first-order chi connectivity index (χ1) is 8.74. The molecule has 0 amide bonds. The van der Waals surface area contributed by atoms with Crippen molar-refractivity contribution in [2.75, 3.05) is 29.5 Å². The molecule has 0 bridgehead atoms. The molecule has 0 unspecified atom stereocenters. The first-order valence-electron chi connectivity index (χ1n) is 6.13. The van der Waals surface area contributed by atoms with Crippen molar-refractivity contribution < 1.29 is 0 Å². The summed E-state index contributed by atoms with van der Waals surface area (Å²) in [4.78, 5) is 7.12. The molecule has 0 saturated carbocycles. The fourth-order valence-electron chi connectivity index (χ4n) is 2.31. The summed E-state index contributed by atoms with van der Waals surface area (Å²) in [5.74, 6) is 3.46. The number of rotatable bonds is 1. The van der Waals surface area contributed by atoms with Gasteiger partial charge in [-0.05, 0) is 30.7 Å². The average Bonchev–Trinajstić information content (AvgIpc) is 2.39. The van der Waals surface area contributed by atoms with Gasteiger partial charge in [0.05, 0.1) is 5.52 Å². The summed E-state index contributed by atoms with van der Waals surface area (Å²) in [6.45, 7) is 4.31. The molecule has 1 aliphatic rings. The molecule has 0 aliphatic carbocycles. The van der Waals surface area contributed by atoms with Crippen molar-refractivity contribution in [2.24, 2.45) is 0 Å². The fraction of sp³-hybridized carbons (Fsp3) is 0.357. The van der Waals surface area contributed by atoms with Gasteiger partial charge < -0.3 is 4.90 Å². The molecule has 94 valence electrons. The number of aromatic nitrogens is 1. The van der Waals surface area contributed by atoms with Crippen LogP contribution in [0.1, 0.15) is 5.56 Å². The highest BCUT2D eigenvalue weighted by Crippen LogP contribution is 2.26. The minimum absolute atomic E-state index is 0.751. The largest absolute Gasteiger partial charge is 0.355 e. The Labute approximate surface area is 116 Å². The lowest BCUT2D eigenvalue weighted by molar-refractivity contribution is 0.842. The molecule has 1 saturated heterocycles. The second-order valence-electron chi connectivity index (χ2n) is 4.56. The molecule has 2 heterocycles. The SMILES string of the molecule is Cc1cc(N2CCSCC2)nc2cc(Cl)ccc12. The highest BCUT2D eigenvalue weighted by molar-refractivity contribution is 7.99. The van der Waals surface area contributed by atoms with Crippen molar-refractivity contribution in [1.82, 2.24) is 4.98 Å². The lowest BCUT2D eigenvalue weighted by Crippen LogP contribution is -2.33. The second-order valence-corrected chi connectivity index (χ2v) is 6.22. The number of halogens is 1. The van der Waals surface area contributed by atoms with Gasteiger partial charge in [-0.15, -0.1) is 0 Å². The minimum Gasteiger partial charge on any atom is -0.355 e. The van der Waals surface area contributed by atoms with Gasteiger partial charge in [0.15, 0.2) is 0 Å². The molecular weight excluding hydrogens is 264 g/mol. The average molecular weight is 279 g/mol. The highest BCUT2D eigenvalue weighted by atomic mass is 35.5. The molecule has 1 aromatic carbocycles. The predicted octanol–water partition coefficient (Wildman–Crippen LogP) is 3.75. The zero-order chi connectivity index (χ0) is 12.5. The van der Waals surface area contributed by atoms with Gasteiger partial charge in [0, 0.05) is 35.0 Å². The van der Waals surface area contributed by atoms with E-state index in [1.165, 1.54) is 22.5 Å². The lowest BCUT2D eigenvalue weighted by atomic mass is 10.1. The molecule has 1 aliphatic heterocycles. The summed E-state index contributed by atoms with van der Waals surface area (Å²) in [5, 5.41) is 1.94. The number of thioether (sulfide) groups is 1. The zero-order valence-electron chi connectivity index (χ0n) is 10.3. The molecule has 1 fully saturated rings. The van der Waals surface area contributed by atoms with Gasteiger partial charge in [0.25, 0.3) is 0 Å². The maximum absolute atomic E-state index is 6.05.